The zero-order valence-corrected chi connectivity index (χ0v) is 43.2. The lowest BCUT2D eigenvalue weighted by Crippen LogP contribution is -2.46. The van der Waals surface area contributed by atoms with Gasteiger partial charge in [0.15, 0.2) is 41.4 Å². The molecule has 3 aliphatic rings. The highest BCUT2D eigenvalue weighted by Crippen LogP contribution is 2.63. The van der Waals surface area contributed by atoms with Gasteiger partial charge in [-0.1, -0.05) is 16.8 Å². The van der Waals surface area contributed by atoms with E-state index in [0.717, 1.165) is 37.8 Å². The Bertz CT molecular complexity index is 3490. The summed E-state index contributed by atoms with van der Waals surface area (Å²) >= 11 is 4.73. The van der Waals surface area contributed by atoms with Gasteiger partial charge in [-0.15, -0.1) is 0 Å². The summed E-state index contributed by atoms with van der Waals surface area (Å²) in [6, 6.07) is 0. The van der Waals surface area contributed by atoms with E-state index in [4.69, 9.17) is 70.8 Å². The second-order valence-electron chi connectivity index (χ2n) is 16.6. The number of nitrogen functional groups attached to an aromatic ring is 3. The number of ether oxygens (including phenoxy) is 5. The monoisotopic (exact) mass is 1170 g/mol. The van der Waals surface area contributed by atoms with Crippen LogP contribution in [0.3, 0.4) is 0 Å². The van der Waals surface area contributed by atoms with Crippen molar-refractivity contribution in [3.63, 3.8) is 0 Å². The van der Waals surface area contributed by atoms with Crippen LogP contribution in [0.2, 0.25) is 0 Å². The molecular weight excluding hydrogens is 1130 g/mol. The average molecular weight is 1170 g/mol. The normalized spacial score (nSPS) is 30.2. The van der Waals surface area contributed by atoms with Crippen LogP contribution in [0.4, 0.5) is 17.7 Å². The molecule has 0 bridgehead atoms. The number of aliphatic hydroxyl groups excluding tert-OH is 3. The summed E-state index contributed by atoms with van der Waals surface area (Å²) in [5.41, 5.74) is 15.6. The van der Waals surface area contributed by atoms with Crippen molar-refractivity contribution < 1.29 is 104 Å². The number of anilines is 3. The molecule has 38 nitrogen and oxygen atoms in total. The number of fused-ring (bicyclic) bond motifs is 3. The van der Waals surface area contributed by atoms with Gasteiger partial charge in [0, 0.05) is 14.2 Å². The molecule has 0 aromatic carbocycles. The first-order valence-electron chi connectivity index (χ1n) is 21.5. The summed E-state index contributed by atoms with van der Waals surface area (Å²) in [6.45, 7) is -8.75. The van der Waals surface area contributed by atoms with Crippen LogP contribution >= 0.6 is 30.2 Å². The Kier molecular flexibility index (Phi) is 15.6. The van der Waals surface area contributed by atoms with Crippen molar-refractivity contribution in [2.45, 2.75) is 73.6 Å². The van der Waals surface area contributed by atoms with Gasteiger partial charge in [0.2, 0.25) is 17.7 Å². The van der Waals surface area contributed by atoms with E-state index >= 15 is 0 Å². The first-order valence-corrected chi connectivity index (χ1v) is 28.4. The number of nitrogens with one attached hydrogen (secondary N) is 2. The number of rotatable bonds is 20. The molecule has 3 aliphatic heterocycles. The van der Waals surface area contributed by atoms with E-state index in [-0.39, 0.29) is 51.2 Å². The van der Waals surface area contributed by atoms with E-state index in [1.54, 1.807) is 0 Å². The van der Waals surface area contributed by atoms with Crippen LogP contribution in [0, 0.1) is 0 Å². The highest BCUT2D eigenvalue weighted by Gasteiger charge is 2.52. The number of hydrogen-bond donors (Lipinski definition) is 8. The molecular formula is C33H42N15O23P4S-3. The molecule has 16 atom stereocenters. The van der Waals surface area contributed by atoms with Crippen molar-refractivity contribution in [2.75, 3.05) is 51.2 Å². The maximum absolute atomic E-state index is 13.6. The number of nitrogens with two attached hydrogens (primary N) is 3. The highest BCUT2D eigenvalue weighted by atomic mass is 32.5. The number of aliphatic hydroxyl groups is 3. The molecule has 9 heterocycles. The zero-order valence-electron chi connectivity index (χ0n) is 38.8. The Morgan fingerprint density at radius 3 is 2.03 bits per heavy atom. The number of methoxy groups -OCH3 is 2. The van der Waals surface area contributed by atoms with Crippen molar-refractivity contribution >= 4 is 93.2 Å². The molecule has 0 amide bonds. The minimum atomic E-state index is -6.36. The van der Waals surface area contributed by atoms with Crippen LogP contribution in [-0.4, -0.2) is 158 Å². The van der Waals surface area contributed by atoms with Crippen LogP contribution in [0.5, 0.6) is 0 Å². The number of H-pyrrole nitrogens is 2. The number of aromatic nitrogens is 12. The van der Waals surface area contributed by atoms with Gasteiger partial charge in [0.25, 0.3) is 40.5 Å². The van der Waals surface area contributed by atoms with Gasteiger partial charge in [0.1, 0.15) is 73.5 Å². The fraction of sp³-hybridized carbons (Fsp3) is 0.545. The molecule has 9 rings (SSSR count). The quantitative estimate of drug-likeness (QED) is 0.0260. The molecule has 0 saturated carbocycles. The Labute approximate surface area is 427 Å². The summed E-state index contributed by atoms with van der Waals surface area (Å²) in [7, 11) is -14.4. The van der Waals surface area contributed by atoms with Crippen LogP contribution in [-0.2, 0) is 83.0 Å². The third-order valence-corrected chi connectivity index (χ3v) is 17.8. The fourth-order valence-electron chi connectivity index (χ4n) is 8.54. The maximum Gasteiger partial charge on any atom is 0.313 e. The third kappa shape index (κ3) is 11.1. The maximum atomic E-state index is 13.6. The van der Waals surface area contributed by atoms with E-state index in [1.807, 2.05) is 0 Å². The van der Waals surface area contributed by atoms with E-state index in [0.29, 0.717) is 0 Å². The summed E-state index contributed by atoms with van der Waals surface area (Å²) in [4.78, 5) is 106. The molecule has 7 unspecified atom stereocenters. The molecule has 416 valence electrons. The van der Waals surface area contributed by atoms with Gasteiger partial charge in [-0.2, -0.15) is 4.98 Å². The molecule has 6 aromatic heterocycles. The predicted molar refractivity (Wildman–Crippen MR) is 242 cm³/mol. The molecule has 3 saturated heterocycles. The highest BCUT2D eigenvalue weighted by molar-refractivity contribution is 8.07. The first-order chi connectivity index (χ1) is 35.7. The van der Waals surface area contributed by atoms with Gasteiger partial charge >= 0.3 is 5.65 Å². The van der Waals surface area contributed by atoms with Crippen molar-refractivity contribution in [3.8, 4) is 0 Å². The van der Waals surface area contributed by atoms with E-state index in [2.05, 4.69) is 48.5 Å². The lowest BCUT2D eigenvalue weighted by atomic mass is 10.1. The van der Waals surface area contributed by atoms with Crippen molar-refractivity contribution in [1.82, 2.24) is 53.6 Å². The summed E-state index contributed by atoms with van der Waals surface area (Å²) in [6.07, 6.45) is -14.7. The molecule has 6 aromatic rings. The number of phosphoric acid groups is 3. The number of aryl methyl sites for hydroxylation is 1. The average Bonchev–Trinajstić information content (AvgIpc) is 4.20. The second-order valence-corrected chi connectivity index (χ2v) is 23.8. The molecule has 3 fully saturated rings. The Morgan fingerprint density at radius 2 is 1.32 bits per heavy atom. The van der Waals surface area contributed by atoms with Crippen LogP contribution in [0.15, 0.2) is 34.9 Å². The lowest BCUT2D eigenvalue weighted by molar-refractivity contribution is -0.745. The lowest BCUT2D eigenvalue weighted by Gasteiger charge is -2.37. The third-order valence-electron chi connectivity index (χ3n) is 11.8. The van der Waals surface area contributed by atoms with Gasteiger partial charge in [-0.05, 0) is 0 Å². The number of imidazole rings is 3. The van der Waals surface area contributed by atoms with Crippen molar-refractivity contribution in [3.05, 3.63) is 46.0 Å². The summed E-state index contributed by atoms with van der Waals surface area (Å²) in [5.74, 6) is -0.684. The second kappa shape index (κ2) is 21.1. The van der Waals surface area contributed by atoms with Gasteiger partial charge in [0.05, 0.1) is 39.5 Å². The van der Waals surface area contributed by atoms with E-state index in [9.17, 15) is 58.2 Å². The summed E-state index contributed by atoms with van der Waals surface area (Å²) in [5, 5.41) is 32.8. The van der Waals surface area contributed by atoms with Crippen LogP contribution < -0.4 is 52.5 Å². The van der Waals surface area contributed by atoms with E-state index in [1.165, 1.54) is 27.1 Å². The molecule has 0 aliphatic carbocycles. The smallest absolute Gasteiger partial charge is 0.313 e. The Morgan fingerprint density at radius 1 is 0.711 bits per heavy atom. The predicted octanol–water partition coefficient (Wildman–Crippen LogP) is -6.47. The number of hydrogen-bond acceptors (Lipinski definition) is 33. The number of aromatic amines is 2. The van der Waals surface area contributed by atoms with Crippen LogP contribution in [0.25, 0.3) is 33.5 Å². The van der Waals surface area contributed by atoms with Crippen molar-refractivity contribution in [2.24, 2.45) is 7.05 Å². The van der Waals surface area contributed by atoms with Crippen molar-refractivity contribution in [1.29, 1.82) is 0 Å². The minimum Gasteiger partial charge on any atom is -0.779 e. The standard InChI is InChI=1S/C33H45N15O23P4S/c1-45-10-48(26-16(45)28(53)44-33(36)42-26)30-19(51)20(61-2)12(67-30)5-64-73(56,57)70-74(58,59)71-75(60,76)65-6-13-21(22(62-3)31(68-13)46-8-39-14-23(34)37-7-38-24(14)46)69-72(54,55)63-4-11-17(49)18(50)29(66-11)47-9-40-15-25(47)41-32(35)43-27(15)52/h7-13,17-22,29-31,49-51H,4-6H2,1-3H3,(H11-,34,35,36,37,38,41,42,43,44,52,53,54,55,56,57,58,59,60,76)/p-3/t11-,12-,13-,17?,18+,19?,20+,21?,22+,29-,30-,31-,75?/m1/s1. The Balaban J connectivity index is 0.866. The molecule has 0 spiro atoms. The topological polar surface area (TPSA) is 545 Å². The fourth-order valence-corrected chi connectivity index (χ4v) is 13.8. The minimum absolute atomic E-state index is 0.0127. The van der Waals surface area contributed by atoms with Gasteiger partial charge in [-0.3, -0.25) is 51.3 Å². The van der Waals surface area contributed by atoms with E-state index < -0.39 is 135 Å². The zero-order chi connectivity index (χ0) is 55.0. The largest absolute Gasteiger partial charge is 0.779 e. The van der Waals surface area contributed by atoms with Crippen LogP contribution in [0.1, 0.15) is 18.7 Å². The number of phosphoric ester groups is 2. The molecule has 76 heavy (non-hydrogen) atoms. The molecule has 11 N–H and O–H groups in total. The number of nitrogens with zero attached hydrogens (tertiary/aromatic N) is 10. The SMILES string of the molecule is CO[C@@H]1C(O)[C@H]([n+]2cn(C)c3c(=O)[nH]c(N)nc32)O[C@@H]1COP(=O)([O-])OP(=O)([O-])OP([O-])(=S)OC[C@H]1O[C@@H](n2cnc3c(N)ncnc32)[C@@H](OC)C1OP(=O)([O-])OC[C@H]1O[C@@H](n2cnc3c(=O)[nH]c(N)nc32)[C@@H](O)C1O. The molecule has 43 heteroatoms. The summed E-state index contributed by atoms with van der Waals surface area (Å²) < 4.78 is 101. The Hall–Kier alpha value is -4.73. The van der Waals surface area contributed by atoms with Gasteiger partial charge in [-0.25, -0.2) is 28.8 Å². The van der Waals surface area contributed by atoms with Gasteiger partial charge < -0.3 is 93.9 Å². The molecule has 0 radical (unpaired) electrons. The first kappa shape index (κ1) is 56.0.